The third-order valence-electron chi connectivity index (χ3n) is 5.15. The fourth-order valence-electron chi connectivity index (χ4n) is 3.71. The second kappa shape index (κ2) is 7.41. The van der Waals surface area contributed by atoms with Crippen molar-refractivity contribution in [3.8, 4) is 0 Å². The topological polar surface area (TPSA) is 99.0 Å². The monoisotopic (exact) mass is 382 g/mol. The Morgan fingerprint density at radius 2 is 2.00 bits per heavy atom. The first kappa shape index (κ1) is 18.1. The van der Waals surface area contributed by atoms with Crippen LogP contribution in [0.5, 0.6) is 0 Å². The van der Waals surface area contributed by atoms with Crippen LogP contribution < -0.4 is 5.69 Å². The van der Waals surface area contributed by atoms with Crippen molar-refractivity contribution in [2.45, 2.75) is 45.8 Å². The molecule has 1 aliphatic rings. The van der Waals surface area contributed by atoms with Crippen LogP contribution in [0, 0.1) is 13.8 Å². The predicted molar refractivity (Wildman–Crippen MR) is 99.5 cm³/mol. The van der Waals surface area contributed by atoms with Crippen LogP contribution in [0.4, 0.5) is 0 Å². The van der Waals surface area contributed by atoms with Gasteiger partial charge in [-0.2, -0.15) is 5.10 Å². The highest BCUT2D eigenvalue weighted by Crippen LogP contribution is 2.32. The summed E-state index contributed by atoms with van der Waals surface area (Å²) < 4.78 is 7.61. The van der Waals surface area contributed by atoms with Crippen molar-refractivity contribution in [1.82, 2.24) is 29.6 Å². The number of carbonyl (C=O) groups is 1. The van der Waals surface area contributed by atoms with Crippen LogP contribution >= 0.6 is 0 Å². The highest BCUT2D eigenvalue weighted by Gasteiger charge is 2.34. The van der Waals surface area contributed by atoms with E-state index in [9.17, 15) is 9.59 Å². The van der Waals surface area contributed by atoms with Gasteiger partial charge in [-0.1, -0.05) is 40.6 Å². The molecule has 0 spiro atoms. The van der Waals surface area contributed by atoms with Gasteiger partial charge < -0.3 is 4.90 Å². The number of hydrogen-bond acceptors (Lipinski definition) is 6. The third-order valence-corrected chi connectivity index (χ3v) is 5.15. The number of nitrogens with zero attached hydrogens (tertiary/aromatic N) is 6. The van der Waals surface area contributed by atoms with Gasteiger partial charge in [0.1, 0.15) is 23.8 Å². The predicted octanol–water partition coefficient (Wildman–Crippen LogP) is 1.46. The second-order valence-corrected chi connectivity index (χ2v) is 7.04. The Bertz CT molecular complexity index is 1040. The number of rotatable bonds is 5. The molecule has 146 valence electrons. The van der Waals surface area contributed by atoms with Gasteiger partial charge in [-0.25, -0.2) is 14.1 Å². The zero-order chi connectivity index (χ0) is 19.7. The molecule has 1 atom stereocenters. The van der Waals surface area contributed by atoms with Crippen LogP contribution in [0.15, 0.2) is 39.8 Å². The standard InChI is InChI=1S/C19H22N6O3/c1-13-18(22-28-21-13)16-9-6-10-23(16)17(26)12-25-19(27)24(14(2)20-25)11-15-7-4-3-5-8-15/h3-5,7-8,16H,6,9-12H2,1-2H3/t16-/m0/s1. The van der Waals surface area contributed by atoms with Crippen LogP contribution in [0.25, 0.3) is 0 Å². The normalized spacial score (nSPS) is 16.6. The first-order valence-electron chi connectivity index (χ1n) is 9.31. The minimum atomic E-state index is -0.287. The molecular weight excluding hydrogens is 360 g/mol. The van der Waals surface area contributed by atoms with Crippen molar-refractivity contribution >= 4 is 5.91 Å². The lowest BCUT2D eigenvalue weighted by Gasteiger charge is -2.22. The van der Waals surface area contributed by atoms with Crippen LogP contribution in [0.2, 0.25) is 0 Å². The van der Waals surface area contributed by atoms with Gasteiger partial charge in [0, 0.05) is 6.54 Å². The maximum absolute atomic E-state index is 12.9. The molecule has 0 bridgehead atoms. The number of hydrogen-bond donors (Lipinski definition) is 0. The van der Waals surface area contributed by atoms with E-state index in [-0.39, 0.29) is 24.2 Å². The van der Waals surface area contributed by atoms with Gasteiger partial charge >= 0.3 is 5.69 Å². The molecule has 0 radical (unpaired) electrons. The van der Waals surface area contributed by atoms with E-state index < -0.39 is 0 Å². The zero-order valence-corrected chi connectivity index (χ0v) is 15.9. The van der Waals surface area contributed by atoms with Crippen LogP contribution in [0.1, 0.15) is 41.7 Å². The van der Waals surface area contributed by atoms with Gasteiger partial charge in [0.25, 0.3) is 0 Å². The molecule has 2 aromatic heterocycles. The Balaban J connectivity index is 1.53. The summed E-state index contributed by atoms with van der Waals surface area (Å²) in [5.41, 5.74) is 2.09. The molecule has 0 aliphatic carbocycles. The van der Waals surface area contributed by atoms with Crippen molar-refractivity contribution in [3.05, 3.63) is 63.6 Å². The van der Waals surface area contributed by atoms with E-state index in [1.54, 1.807) is 16.4 Å². The van der Waals surface area contributed by atoms with Gasteiger partial charge in [-0.05, 0) is 32.3 Å². The zero-order valence-electron chi connectivity index (χ0n) is 15.9. The number of aryl methyl sites for hydroxylation is 2. The lowest BCUT2D eigenvalue weighted by atomic mass is 10.1. The van der Waals surface area contributed by atoms with Crippen molar-refractivity contribution < 1.29 is 9.42 Å². The van der Waals surface area contributed by atoms with Gasteiger partial charge in [0.15, 0.2) is 0 Å². The number of aromatic nitrogens is 5. The molecule has 0 unspecified atom stereocenters. The minimum absolute atomic E-state index is 0.0949. The molecule has 3 heterocycles. The molecule has 4 rings (SSSR count). The Morgan fingerprint density at radius 1 is 1.21 bits per heavy atom. The molecule has 1 aliphatic heterocycles. The quantitative estimate of drug-likeness (QED) is 0.662. The van der Waals surface area contributed by atoms with Crippen LogP contribution in [0.3, 0.4) is 0 Å². The Hall–Kier alpha value is -3.23. The molecule has 3 aromatic rings. The Labute approximate surface area is 161 Å². The summed E-state index contributed by atoms with van der Waals surface area (Å²) in [4.78, 5) is 27.4. The second-order valence-electron chi connectivity index (χ2n) is 7.04. The van der Waals surface area contributed by atoms with E-state index >= 15 is 0 Å². The molecule has 9 nitrogen and oxygen atoms in total. The van der Waals surface area contributed by atoms with Crippen molar-refractivity contribution in [1.29, 1.82) is 0 Å². The van der Waals surface area contributed by atoms with E-state index in [0.717, 1.165) is 18.4 Å². The maximum Gasteiger partial charge on any atom is 0.346 e. The third kappa shape index (κ3) is 3.35. The molecule has 1 fully saturated rings. The fourth-order valence-corrected chi connectivity index (χ4v) is 3.71. The van der Waals surface area contributed by atoms with E-state index in [1.807, 2.05) is 37.3 Å². The average Bonchev–Trinajstić information content (AvgIpc) is 3.39. The summed E-state index contributed by atoms with van der Waals surface area (Å²) in [7, 11) is 0. The van der Waals surface area contributed by atoms with E-state index in [2.05, 4.69) is 15.4 Å². The highest BCUT2D eigenvalue weighted by molar-refractivity contribution is 5.76. The Morgan fingerprint density at radius 3 is 2.71 bits per heavy atom. The molecule has 0 saturated carbocycles. The minimum Gasteiger partial charge on any atom is -0.332 e. The van der Waals surface area contributed by atoms with Crippen LogP contribution in [-0.4, -0.2) is 42.0 Å². The van der Waals surface area contributed by atoms with Gasteiger partial charge in [0.2, 0.25) is 5.91 Å². The van der Waals surface area contributed by atoms with Gasteiger partial charge in [0.05, 0.1) is 12.6 Å². The summed E-state index contributed by atoms with van der Waals surface area (Å²) in [5.74, 6) is 0.424. The van der Waals surface area contributed by atoms with E-state index in [1.165, 1.54) is 4.68 Å². The number of carbonyl (C=O) groups excluding carboxylic acids is 1. The lowest BCUT2D eigenvalue weighted by Crippen LogP contribution is -2.37. The first-order valence-corrected chi connectivity index (χ1v) is 9.31. The van der Waals surface area contributed by atoms with Crippen LogP contribution in [-0.2, 0) is 17.9 Å². The molecule has 1 amide bonds. The molecule has 1 aromatic carbocycles. The molecule has 1 saturated heterocycles. The van der Waals surface area contributed by atoms with Crippen molar-refractivity contribution in [2.24, 2.45) is 0 Å². The summed E-state index contributed by atoms with van der Waals surface area (Å²) in [6.45, 7) is 4.53. The summed E-state index contributed by atoms with van der Waals surface area (Å²) >= 11 is 0. The van der Waals surface area contributed by atoms with Gasteiger partial charge in [-0.15, -0.1) is 0 Å². The Kier molecular flexibility index (Phi) is 4.81. The first-order chi connectivity index (χ1) is 13.5. The fraction of sp³-hybridized carbons (Fsp3) is 0.421. The maximum atomic E-state index is 12.9. The smallest absolute Gasteiger partial charge is 0.332 e. The van der Waals surface area contributed by atoms with E-state index in [0.29, 0.717) is 30.3 Å². The molecule has 28 heavy (non-hydrogen) atoms. The SMILES string of the molecule is Cc1nonc1[C@@H]1CCCN1C(=O)Cn1nc(C)n(Cc2ccccc2)c1=O. The molecule has 0 N–H and O–H groups in total. The molecular formula is C19H22N6O3. The highest BCUT2D eigenvalue weighted by atomic mass is 16.6. The van der Waals surface area contributed by atoms with Gasteiger partial charge in [-0.3, -0.25) is 9.36 Å². The summed E-state index contributed by atoms with van der Waals surface area (Å²) in [5, 5.41) is 12.1. The number of benzene rings is 1. The summed E-state index contributed by atoms with van der Waals surface area (Å²) in [6.07, 6.45) is 1.68. The number of amides is 1. The van der Waals surface area contributed by atoms with Crippen molar-refractivity contribution in [3.63, 3.8) is 0 Å². The molecule has 9 heteroatoms. The average molecular weight is 382 g/mol. The number of likely N-dealkylation sites (tertiary alicyclic amines) is 1. The summed E-state index contributed by atoms with van der Waals surface area (Å²) in [6, 6.07) is 9.53. The van der Waals surface area contributed by atoms with Crippen molar-refractivity contribution in [2.75, 3.05) is 6.54 Å². The largest absolute Gasteiger partial charge is 0.346 e. The lowest BCUT2D eigenvalue weighted by molar-refractivity contribution is -0.133. The van der Waals surface area contributed by atoms with E-state index in [4.69, 9.17) is 4.63 Å².